The highest BCUT2D eigenvalue weighted by Crippen LogP contribution is 2.20. The van der Waals surface area contributed by atoms with Gasteiger partial charge in [-0.05, 0) is 55.0 Å². The van der Waals surface area contributed by atoms with E-state index >= 15 is 0 Å². The number of anilines is 1. The van der Waals surface area contributed by atoms with Crippen molar-refractivity contribution in [3.05, 3.63) is 70.3 Å². The summed E-state index contributed by atoms with van der Waals surface area (Å²) in [5, 5.41) is 3.08. The van der Waals surface area contributed by atoms with Crippen molar-refractivity contribution in [2.24, 2.45) is 0 Å². The summed E-state index contributed by atoms with van der Waals surface area (Å²) in [5.74, 6) is 0.527. The molecule has 1 N–H and O–H groups in total. The molecule has 0 radical (unpaired) electrons. The van der Waals surface area contributed by atoms with Crippen molar-refractivity contribution in [1.82, 2.24) is 0 Å². The third-order valence-corrected chi connectivity index (χ3v) is 4.22. The predicted octanol–water partition coefficient (Wildman–Crippen LogP) is 5.30. The van der Waals surface area contributed by atoms with E-state index in [4.69, 9.17) is 4.74 Å². The average molecular weight is 392 g/mol. The second kappa shape index (κ2) is 9.23. The van der Waals surface area contributed by atoms with Gasteiger partial charge in [-0.1, -0.05) is 15.9 Å². The highest BCUT2D eigenvalue weighted by Gasteiger charge is 2.02. The van der Waals surface area contributed by atoms with Crippen LogP contribution in [0.1, 0.15) is 22.3 Å². The standard InChI is InChI=1S/C19H19BrFNO2/c1-14-13-16(5-8-18(14)20)22-11-9-19(23)15-3-6-17(7-4-15)24-12-2-10-21/h3-9,11,13,22H,2,10,12H2,1H3/b11-9+. The number of rotatable bonds is 8. The molecule has 0 saturated heterocycles. The lowest BCUT2D eigenvalue weighted by Gasteiger charge is -2.05. The number of ketones is 1. The van der Waals surface area contributed by atoms with Gasteiger partial charge < -0.3 is 10.1 Å². The maximum atomic E-state index is 12.1. The molecular formula is C19H19BrFNO2. The van der Waals surface area contributed by atoms with E-state index in [0.29, 0.717) is 24.3 Å². The monoisotopic (exact) mass is 391 g/mol. The Morgan fingerprint density at radius 2 is 2.00 bits per heavy atom. The van der Waals surface area contributed by atoms with E-state index in [2.05, 4.69) is 21.2 Å². The van der Waals surface area contributed by atoms with E-state index in [1.54, 1.807) is 30.5 Å². The normalized spacial score (nSPS) is 10.8. The molecule has 2 rings (SSSR count). The number of hydrogen-bond acceptors (Lipinski definition) is 3. The smallest absolute Gasteiger partial charge is 0.187 e. The Labute approximate surface area is 149 Å². The molecule has 0 bridgehead atoms. The zero-order chi connectivity index (χ0) is 17.4. The molecule has 0 fully saturated rings. The summed E-state index contributed by atoms with van der Waals surface area (Å²) < 4.78 is 18.4. The summed E-state index contributed by atoms with van der Waals surface area (Å²) >= 11 is 3.45. The van der Waals surface area contributed by atoms with Crippen molar-refractivity contribution in [2.75, 3.05) is 18.6 Å². The van der Waals surface area contributed by atoms with Crippen LogP contribution in [0.5, 0.6) is 5.75 Å². The van der Waals surface area contributed by atoms with Gasteiger partial charge in [0.25, 0.3) is 0 Å². The van der Waals surface area contributed by atoms with Crippen LogP contribution in [0.15, 0.2) is 59.2 Å². The predicted molar refractivity (Wildman–Crippen MR) is 98.5 cm³/mol. The summed E-state index contributed by atoms with van der Waals surface area (Å²) in [4.78, 5) is 12.1. The van der Waals surface area contributed by atoms with Gasteiger partial charge >= 0.3 is 0 Å². The third-order valence-electron chi connectivity index (χ3n) is 3.33. The molecule has 0 heterocycles. The van der Waals surface area contributed by atoms with E-state index in [1.807, 2.05) is 25.1 Å². The number of carbonyl (C=O) groups excluding carboxylic acids is 1. The molecule has 2 aromatic carbocycles. The molecule has 0 saturated carbocycles. The minimum absolute atomic E-state index is 0.105. The Morgan fingerprint density at radius 1 is 1.25 bits per heavy atom. The number of aryl methyl sites for hydroxylation is 1. The van der Waals surface area contributed by atoms with Gasteiger partial charge in [0, 0.05) is 34.4 Å². The highest BCUT2D eigenvalue weighted by atomic mass is 79.9. The van der Waals surface area contributed by atoms with Crippen LogP contribution in [0.4, 0.5) is 10.1 Å². The Hall–Kier alpha value is -2.14. The number of hydrogen-bond donors (Lipinski definition) is 1. The van der Waals surface area contributed by atoms with Crippen LogP contribution in [0, 0.1) is 6.92 Å². The quantitative estimate of drug-likeness (QED) is 0.376. The lowest BCUT2D eigenvalue weighted by Crippen LogP contribution is -1.99. The zero-order valence-corrected chi connectivity index (χ0v) is 15.0. The van der Waals surface area contributed by atoms with Crippen LogP contribution in [0.25, 0.3) is 0 Å². The third kappa shape index (κ3) is 5.49. The number of halogens is 2. The number of benzene rings is 2. The van der Waals surface area contributed by atoms with E-state index in [-0.39, 0.29) is 5.78 Å². The van der Waals surface area contributed by atoms with Gasteiger partial charge in [0.15, 0.2) is 5.78 Å². The first-order valence-electron chi connectivity index (χ1n) is 7.62. The molecule has 0 atom stereocenters. The molecule has 24 heavy (non-hydrogen) atoms. The lowest BCUT2D eigenvalue weighted by molar-refractivity contribution is 0.104. The van der Waals surface area contributed by atoms with E-state index in [9.17, 15) is 9.18 Å². The number of alkyl halides is 1. The minimum atomic E-state index is -0.397. The first kappa shape index (κ1) is 18.2. The fraction of sp³-hybridized carbons (Fsp3) is 0.211. The van der Waals surface area contributed by atoms with Crippen molar-refractivity contribution in [1.29, 1.82) is 0 Å². The van der Waals surface area contributed by atoms with Gasteiger partial charge in [0.2, 0.25) is 0 Å². The summed E-state index contributed by atoms with van der Waals surface area (Å²) in [7, 11) is 0. The Morgan fingerprint density at radius 3 is 2.67 bits per heavy atom. The molecule has 0 aliphatic carbocycles. The van der Waals surface area contributed by atoms with E-state index in [1.165, 1.54) is 6.08 Å². The van der Waals surface area contributed by atoms with Crippen LogP contribution in [0.2, 0.25) is 0 Å². The number of carbonyl (C=O) groups is 1. The fourth-order valence-electron chi connectivity index (χ4n) is 2.00. The SMILES string of the molecule is Cc1cc(N/C=C/C(=O)c2ccc(OCCCF)cc2)ccc1Br. The van der Waals surface area contributed by atoms with Gasteiger partial charge in [-0.2, -0.15) is 0 Å². The molecule has 0 unspecified atom stereocenters. The van der Waals surface area contributed by atoms with Crippen molar-refractivity contribution in [3.8, 4) is 5.75 Å². The maximum absolute atomic E-state index is 12.1. The second-order valence-electron chi connectivity index (χ2n) is 5.22. The molecule has 2 aromatic rings. The average Bonchev–Trinajstić information content (AvgIpc) is 2.59. The lowest BCUT2D eigenvalue weighted by atomic mass is 10.1. The minimum Gasteiger partial charge on any atom is -0.493 e. The number of nitrogens with one attached hydrogen (secondary N) is 1. The van der Waals surface area contributed by atoms with Crippen LogP contribution >= 0.6 is 15.9 Å². The number of allylic oxidation sites excluding steroid dienone is 1. The first-order valence-corrected chi connectivity index (χ1v) is 8.42. The molecule has 0 amide bonds. The second-order valence-corrected chi connectivity index (χ2v) is 6.08. The van der Waals surface area contributed by atoms with Crippen LogP contribution in [-0.4, -0.2) is 19.1 Å². The molecule has 0 aliphatic rings. The summed E-state index contributed by atoms with van der Waals surface area (Å²) in [6, 6.07) is 12.7. The molecule has 5 heteroatoms. The topological polar surface area (TPSA) is 38.3 Å². The van der Waals surface area contributed by atoms with Gasteiger partial charge in [-0.15, -0.1) is 0 Å². The summed E-state index contributed by atoms with van der Waals surface area (Å²) in [6.07, 6.45) is 3.47. The van der Waals surface area contributed by atoms with Crippen LogP contribution in [-0.2, 0) is 0 Å². The molecular weight excluding hydrogens is 373 g/mol. The van der Waals surface area contributed by atoms with Crippen molar-refractivity contribution in [3.63, 3.8) is 0 Å². The first-order chi connectivity index (χ1) is 11.6. The van der Waals surface area contributed by atoms with Gasteiger partial charge in [0.05, 0.1) is 13.3 Å². The van der Waals surface area contributed by atoms with Crippen LogP contribution < -0.4 is 10.1 Å². The van der Waals surface area contributed by atoms with E-state index in [0.717, 1.165) is 15.7 Å². The molecule has 0 aromatic heterocycles. The van der Waals surface area contributed by atoms with Crippen molar-refractivity contribution >= 4 is 27.4 Å². The van der Waals surface area contributed by atoms with Gasteiger partial charge in [-0.3, -0.25) is 9.18 Å². The largest absolute Gasteiger partial charge is 0.493 e. The summed E-state index contributed by atoms with van der Waals surface area (Å²) in [5.41, 5.74) is 2.59. The summed E-state index contributed by atoms with van der Waals surface area (Å²) in [6.45, 7) is 1.94. The Bertz CT molecular complexity index is 714. The number of ether oxygens (including phenoxy) is 1. The molecule has 126 valence electrons. The van der Waals surface area contributed by atoms with Crippen molar-refractivity contribution in [2.45, 2.75) is 13.3 Å². The molecule has 0 spiro atoms. The van der Waals surface area contributed by atoms with Gasteiger partial charge in [0.1, 0.15) is 5.75 Å². The zero-order valence-electron chi connectivity index (χ0n) is 13.4. The Kier molecular flexibility index (Phi) is 7.00. The Balaban J connectivity index is 1.90. The van der Waals surface area contributed by atoms with Crippen molar-refractivity contribution < 1.29 is 13.9 Å². The van der Waals surface area contributed by atoms with Crippen LogP contribution in [0.3, 0.4) is 0 Å². The molecule has 3 nitrogen and oxygen atoms in total. The molecule has 0 aliphatic heterocycles. The highest BCUT2D eigenvalue weighted by molar-refractivity contribution is 9.10. The fourth-order valence-corrected chi connectivity index (χ4v) is 2.25. The van der Waals surface area contributed by atoms with Gasteiger partial charge in [-0.25, -0.2) is 0 Å². The van der Waals surface area contributed by atoms with E-state index < -0.39 is 6.67 Å². The maximum Gasteiger partial charge on any atom is 0.187 e.